The summed E-state index contributed by atoms with van der Waals surface area (Å²) in [5.41, 5.74) is 4.79. The van der Waals surface area contributed by atoms with Gasteiger partial charge >= 0.3 is 0 Å². The molecular weight excluding hydrogens is 496 g/mol. The molecule has 8 heteroatoms. The quantitative estimate of drug-likeness (QED) is 0.0908. The molecule has 4 aromatic carbocycles. The van der Waals surface area contributed by atoms with Crippen molar-refractivity contribution in [2.75, 3.05) is 7.11 Å². The first kappa shape index (κ1) is 24.9. The molecule has 0 spiro atoms. The molecule has 186 valence electrons. The Labute approximate surface area is 224 Å². The molecule has 5 aromatic rings. The van der Waals surface area contributed by atoms with E-state index in [0.717, 1.165) is 33.2 Å². The second-order valence-electron chi connectivity index (χ2n) is 8.19. The first-order chi connectivity index (χ1) is 18.6. The monoisotopic (exact) mass is 518 g/mol. The number of aromatic nitrogens is 2. The molecular formula is C30H22N4O3S. The number of nitro groups is 1. The number of nitrogens with zero attached hydrogens (tertiary/aromatic N) is 4. The second-order valence-corrected chi connectivity index (χ2v) is 9.20. The van der Waals surface area contributed by atoms with Gasteiger partial charge in [-0.3, -0.25) is 15.1 Å². The van der Waals surface area contributed by atoms with Crippen molar-refractivity contribution in [1.29, 1.82) is 0 Å². The molecule has 0 aliphatic rings. The van der Waals surface area contributed by atoms with E-state index in [1.807, 2.05) is 91.0 Å². The predicted molar refractivity (Wildman–Crippen MR) is 150 cm³/mol. The largest absolute Gasteiger partial charge is 0.497 e. The van der Waals surface area contributed by atoms with Crippen LogP contribution in [0.15, 0.2) is 124 Å². The highest BCUT2D eigenvalue weighted by Crippen LogP contribution is 2.33. The van der Waals surface area contributed by atoms with Gasteiger partial charge in [-0.25, -0.2) is 9.97 Å². The number of ether oxygens (including phenoxy) is 1. The van der Waals surface area contributed by atoms with Gasteiger partial charge in [0.15, 0.2) is 5.16 Å². The fourth-order valence-corrected chi connectivity index (χ4v) is 4.59. The molecule has 7 nitrogen and oxygen atoms in total. The molecule has 5 rings (SSSR count). The molecule has 0 aliphatic heterocycles. The van der Waals surface area contributed by atoms with E-state index in [4.69, 9.17) is 14.7 Å². The molecule has 0 N–H and O–H groups in total. The number of methoxy groups -OCH3 is 1. The first-order valence-corrected chi connectivity index (χ1v) is 12.5. The van der Waals surface area contributed by atoms with E-state index < -0.39 is 4.92 Å². The van der Waals surface area contributed by atoms with E-state index in [0.29, 0.717) is 16.4 Å². The van der Waals surface area contributed by atoms with E-state index >= 15 is 0 Å². The Balaban J connectivity index is 1.55. The lowest BCUT2D eigenvalue weighted by molar-refractivity contribution is -0.384. The van der Waals surface area contributed by atoms with Crippen molar-refractivity contribution in [1.82, 2.24) is 9.97 Å². The average Bonchev–Trinajstić information content (AvgIpc) is 2.97. The van der Waals surface area contributed by atoms with Crippen LogP contribution in [0, 0.1) is 10.1 Å². The molecule has 0 saturated carbocycles. The van der Waals surface area contributed by atoms with Gasteiger partial charge in [-0.05, 0) is 48.2 Å². The van der Waals surface area contributed by atoms with Crippen LogP contribution in [0.25, 0.3) is 22.5 Å². The van der Waals surface area contributed by atoms with Crippen LogP contribution in [-0.2, 0) is 0 Å². The van der Waals surface area contributed by atoms with E-state index in [1.165, 1.54) is 23.9 Å². The van der Waals surface area contributed by atoms with Crippen molar-refractivity contribution >= 4 is 29.4 Å². The maximum atomic E-state index is 11.5. The highest BCUT2D eigenvalue weighted by molar-refractivity contribution is 7.99. The van der Waals surface area contributed by atoms with Gasteiger partial charge in [-0.2, -0.15) is 0 Å². The first-order valence-electron chi connectivity index (χ1n) is 11.7. The SMILES string of the molecule is COc1ccc(N=Cc2cc([N+](=O)[O-])ccc2Sc2nc(-c3ccccc3)cc(-c3ccccc3)n2)cc1. The molecule has 38 heavy (non-hydrogen) atoms. The Bertz CT molecular complexity index is 1530. The molecule has 0 fully saturated rings. The highest BCUT2D eigenvalue weighted by atomic mass is 32.2. The summed E-state index contributed by atoms with van der Waals surface area (Å²) in [7, 11) is 1.60. The van der Waals surface area contributed by atoms with Crippen molar-refractivity contribution in [3.05, 3.63) is 125 Å². The third-order valence-electron chi connectivity index (χ3n) is 5.68. The summed E-state index contributed by atoms with van der Waals surface area (Å²) in [5.74, 6) is 0.722. The lowest BCUT2D eigenvalue weighted by Gasteiger charge is -2.10. The van der Waals surface area contributed by atoms with Crippen LogP contribution in [0.3, 0.4) is 0 Å². The standard InChI is InChI=1S/C30H22N4O3S/c1-37-26-15-12-24(13-16-26)31-20-23-18-25(34(35)36)14-17-29(23)38-30-32-27(21-8-4-2-5-9-21)19-28(33-30)22-10-6-3-7-11-22/h2-20H,1H3. The number of benzene rings is 4. The molecule has 0 atom stereocenters. The van der Waals surface area contributed by atoms with Gasteiger partial charge in [0, 0.05) is 39.9 Å². The zero-order valence-corrected chi connectivity index (χ0v) is 21.2. The van der Waals surface area contributed by atoms with Crippen LogP contribution in [0.5, 0.6) is 5.75 Å². The molecule has 0 bridgehead atoms. The van der Waals surface area contributed by atoms with Crippen molar-refractivity contribution in [2.45, 2.75) is 10.1 Å². The number of non-ortho nitro benzene ring substituents is 1. The average molecular weight is 519 g/mol. The summed E-state index contributed by atoms with van der Waals surface area (Å²) in [6.45, 7) is 0. The number of rotatable bonds is 8. The van der Waals surface area contributed by atoms with Gasteiger partial charge < -0.3 is 4.74 Å². The third-order valence-corrected chi connectivity index (χ3v) is 6.63. The topological polar surface area (TPSA) is 90.5 Å². The Morgan fingerprint density at radius 1 is 0.816 bits per heavy atom. The Kier molecular flexibility index (Phi) is 7.52. The number of aliphatic imine (C=N–C) groups is 1. The van der Waals surface area contributed by atoms with Gasteiger partial charge in [-0.1, -0.05) is 60.7 Å². The summed E-state index contributed by atoms with van der Waals surface area (Å²) in [5, 5.41) is 12.0. The van der Waals surface area contributed by atoms with Crippen LogP contribution in [0.1, 0.15) is 5.56 Å². The normalized spacial score (nSPS) is 11.0. The van der Waals surface area contributed by atoms with E-state index in [-0.39, 0.29) is 5.69 Å². The summed E-state index contributed by atoms with van der Waals surface area (Å²) < 4.78 is 5.20. The van der Waals surface area contributed by atoms with Gasteiger partial charge in [-0.15, -0.1) is 0 Å². The Morgan fingerprint density at radius 3 is 1.97 bits per heavy atom. The number of hydrogen-bond acceptors (Lipinski definition) is 7. The van der Waals surface area contributed by atoms with Gasteiger partial charge in [0.05, 0.1) is 29.1 Å². The number of nitro benzene ring substituents is 1. The van der Waals surface area contributed by atoms with Crippen molar-refractivity contribution in [3.63, 3.8) is 0 Å². The highest BCUT2D eigenvalue weighted by Gasteiger charge is 2.15. The van der Waals surface area contributed by atoms with Gasteiger partial charge in [0.25, 0.3) is 5.69 Å². The van der Waals surface area contributed by atoms with E-state index in [9.17, 15) is 10.1 Å². The van der Waals surface area contributed by atoms with E-state index in [1.54, 1.807) is 19.4 Å². The predicted octanol–water partition coefficient (Wildman–Crippen LogP) is 7.63. The Hall–Kier alpha value is -4.82. The second kappa shape index (κ2) is 11.5. The smallest absolute Gasteiger partial charge is 0.270 e. The minimum absolute atomic E-state index is 0.0190. The molecule has 1 heterocycles. The molecule has 0 unspecified atom stereocenters. The van der Waals surface area contributed by atoms with Crippen LogP contribution in [0.2, 0.25) is 0 Å². The summed E-state index contributed by atoms with van der Waals surface area (Å²) in [6.07, 6.45) is 1.62. The van der Waals surface area contributed by atoms with Crippen LogP contribution < -0.4 is 4.74 Å². The van der Waals surface area contributed by atoms with Crippen LogP contribution in [0.4, 0.5) is 11.4 Å². The van der Waals surface area contributed by atoms with Crippen molar-refractivity contribution < 1.29 is 9.66 Å². The van der Waals surface area contributed by atoms with Gasteiger partial charge in [0.2, 0.25) is 0 Å². The lowest BCUT2D eigenvalue weighted by Crippen LogP contribution is -1.96. The third kappa shape index (κ3) is 5.93. The lowest BCUT2D eigenvalue weighted by atomic mass is 10.1. The van der Waals surface area contributed by atoms with Gasteiger partial charge in [0.1, 0.15) is 5.75 Å². The number of hydrogen-bond donors (Lipinski definition) is 0. The Morgan fingerprint density at radius 2 is 1.42 bits per heavy atom. The molecule has 0 aliphatic carbocycles. The summed E-state index contributed by atoms with van der Waals surface area (Å²) in [6, 6.07) is 33.7. The van der Waals surface area contributed by atoms with Crippen molar-refractivity contribution in [2.24, 2.45) is 4.99 Å². The fourth-order valence-electron chi connectivity index (χ4n) is 3.74. The van der Waals surface area contributed by atoms with Crippen LogP contribution in [-0.4, -0.2) is 28.2 Å². The maximum absolute atomic E-state index is 11.5. The van der Waals surface area contributed by atoms with Crippen LogP contribution >= 0.6 is 11.8 Å². The van der Waals surface area contributed by atoms with E-state index in [2.05, 4.69) is 4.99 Å². The minimum Gasteiger partial charge on any atom is -0.497 e. The molecule has 0 saturated heterocycles. The van der Waals surface area contributed by atoms with Crippen molar-refractivity contribution in [3.8, 4) is 28.3 Å². The molecule has 0 amide bonds. The maximum Gasteiger partial charge on any atom is 0.270 e. The zero-order chi connectivity index (χ0) is 26.3. The molecule has 1 aromatic heterocycles. The zero-order valence-electron chi connectivity index (χ0n) is 20.4. The molecule has 0 radical (unpaired) electrons. The summed E-state index contributed by atoms with van der Waals surface area (Å²) >= 11 is 1.34. The summed E-state index contributed by atoms with van der Waals surface area (Å²) in [4.78, 5) is 26.0. The fraction of sp³-hybridized carbons (Fsp3) is 0.0333. The minimum atomic E-state index is -0.417.